The molecule has 0 spiro atoms. The van der Waals surface area contributed by atoms with Crippen LogP contribution in [0.2, 0.25) is 0 Å². The van der Waals surface area contributed by atoms with Crippen LogP contribution < -0.4 is 0 Å². The Labute approximate surface area is 108 Å². The lowest BCUT2D eigenvalue weighted by molar-refractivity contribution is 0.101. The van der Waals surface area contributed by atoms with Crippen LogP contribution in [0.1, 0.15) is 28.4 Å². The van der Waals surface area contributed by atoms with Crippen LogP contribution in [0.5, 0.6) is 0 Å². The molecule has 94 valence electrons. The molecule has 0 fully saturated rings. The molecule has 18 heavy (non-hydrogen) atoms. The number of aryl methyl sites for hydroxylation is 1. The minimum atomic E-state index is 0.121. The third kappa shape index (κ3) is 4.93. The van der Waals surface area contributed by atoms with Crippen molar-refractivity contribution in [2.45, 2.75) is 20.5 Å². The summed E-state index contributed by atoms with van der Waals surface area (Å²) in [6, 6.07) is 17.1. The van der Waals surface area contributed by atoms with Gasteiger partial charge in [-0.1, -0.05) is 60.2 Å². The maximum atomic E-state index is 10.6. The molecule has 0 atom stereocenters. The lowest BCUT2D eigenvalue weighted by Crippen LogP contribution is -1.88. The maximum Gasteiger partial charge on any atom is 0.159 e. The minimum absolute atomic E-state index is 0.121. The fourth-order valence-corrected chi connectivity index (χ4v) is 1.37. The van der Waals surface area contributed by atoms with E-state index in [-0.39, 0.29) is 12.4 Å². The van der Waals surface area contributed by atoms with E-state index in [4.69, 9.17) is 5.11 Å². The molecule has 0 amide bonds. The Bertz CT molecular complexity index is 472. The van der Waals surface area contributed by atoms with Crippen LogP contribution in [-0.2, 0) is 6.61 Å². The summed E-state index contributed by atoms with van der Waals surface area (Å²) in [6.45, 7) is 3.73. The van der Waals surface area contributed by atoms with Gasteiger partial charge in [0.05, 0.1) is 6.61 Å². The highest BCUT2D eigenvalue weighted by molar-refractivity contribution is 5.93. The van der Waals surface area contributed by atoms with Crippen LogP contribution in [0.15, 0.2) is 54.6 Å². The molecule has 1 N–H and O–H groups in total. The van der Waals surface area contributed by atoms with Crippen LogP contribution in [-0.4, -0.2) is 10.9 Å². The molecule has 0 unspecified atom stereocenters. The third-order valence-electron chi connectivity index (χ3n) is 2.48. The second-order valence-electron chi connectivity index (χ2n) is 4.07. The van der Waals surface area contributed by atoms with Crippen molar-refractivity contribution in [1.29, 1.82) is 0 Å². The standard InChI is InChI=1S/C8H10O.C8H8O/c1-7-2-4-8(6-9)5-3-7;1-7(9)8-5-3-2-4-6-8/h2-5,9H,6H2,1H3;2-6H,1H3. The Morgan fingerprint density at radius 2 is 1.56 bits per heavy atom. The fraction of sp³-hybridized carbons (Fsp3) is 0.188. The average molecular weight is 242 g/mol. The zero-order valence-corrected chi connectivity index (χ0v) is 10.8. The topological polar surface area (TPSA) is 37.3 Å². The second-order valence-corrected chi connectivity index (χ2v) is 4.07. The molecule has 0 aliphatic heterocycles. The first kappa shape index (κ1) is 14.1. The van der Waals surface area contributed by atoms with Crippen molar-refractivity contribution in [2.24, 2.45) is 0 Å². The van der Waals surface area contributed by atoms with Gasteiger partial charge in [-0.3, -0.25) is 4.79 Å². The smallest absolute Gasteiger partial charge is 0.159 e. The number of ketones is 1. The van der Waals surface area contributed by atoms with Gasteiger partial charge in [0.2, 0.25) is 0 Å². The van der Waals surface area contributed by atoms with Crippen molar-refractivity contribution < 1.29 is 9.90 Å². The van der Waals surface area contributed by atoms with Gasteiger partial charge in [0.15, 0.2) is 5.78 Å². The average Bonchev–Trinajstić information content (AvgIpc) is 2.41. The normalized spacial score (nSPS) is 9.28. The minimum Gasteiger partial charge on any atom is -0.392 e. The summed E-state index contributed by atoms with van der Waals surface area (Å²) in [4.78, 5) is 10.6. The monoisotopic (exact) mass is 242 g/mol. The van der Waals surface area contributed by atoms with Gasteiger partial charge >= 0.3 is 0 Å². The van der Waals surface area contributed by atoms with Gasteiger partial charge in [-0.2, -0.15) is 0 Å². The van der Waals surface area contributed by atoms with Crippen molar-refractivity contribution in [2.75, 3.05) is 0 Å². The first-order valence-corrected chi connectivity index (χ1v) is 5.86. The molecular formula is C16H18O2. The summed E-state index contributed by atoms with van der Waals surface area (Å²) in [5.41, 5.74) is 2.98. The van der Waals surface area contributed by atoms with Gasteiger partial charge in [-0.05, 0) is 19.4 Å². The van der Waals surface area contributed by atoms with Crippen molar-refractivity contribution in [3.05, 3.63) is 71.3 Å². The summed E-state index contributed by atoms with van der Waals surface area (Å²) in [7, 11) is 0. The Hall–Kier alpha value is -1.93. The first-order chi connectivity index (χ1) is 8.63. The number of aliphatic hydroxyl groups excluding tert-OH is 1. The molecule has 0 saturated heterocycles. The van der Waals surface area contributed by atoms with Crippen LogP contribution in [0.3, 0.4) is 0 Å². The van der Waals surface area contributed by atoms with E-state index in [2.05, 4.69) is 0 Å². The predicted molar refractivity (Wildman–Crippen MR) is 73.5 cm³/mol. The van der Waals surface area contributed by atoms with E-state index in [0.29, 0.717) is 0 Å². The number of carbonyl (C=O) groups excluding carboxylic acids is 1. The largest absolute Gasteiger partial charge is 0.392 e. The highest BCUT2D eigenvalue weighted by Gasteiger charge is 1.92. The molecule has 0 aliphatic rings. The Kier molecular flexibility index (Phi) is 5.81. The number of hydrogen-bond donors (Lipinski definition) is 1. The Morgan fingerprint density at radius 3 is 1.94 bits per heavy atom. The molecule has 2 aromatic rings. The summed E-state index contributed by atoms with van der Waals surface area (Å²) >= 11 is 0. The number of hydrogen-bond acceptors (Lipinski definition) is 2. The summed E-state index contributed by atoms with van der Waals surface area (Å²) in [5.74, 6) is 0.121. The zero-order chi connectivity index (χ0) is 13.4. The molecule has 0 bridgehead atoms. The molecule has 2 rings (SSSR count). The highest BCUT2D eigenvalue weighted by Crippen LogP contribution is 2.01. The molecule has 0 saturated carbocycles. The van der Waals surface area contributed by atoms with Gasteiger partial charge in [0, 0.05) is 5.56 Å². The third-order valence-corrected chi connectivity index (χ3v) is 2.48. The van der Waals surface area contributed by atoms with Crippen LogP contribution in [0.25, 0.3) is 0 Å². The molecule has 2 heteroatoms. The molecule has 0 heterocycles. The zero-order valence-electron chi connectivity index (χ0n) is 10.8. The maximum absolute atomic E-state index is 10.6. The number of carbonyl (C=O) groups is 1. The summed E-state index contributed by atoms with van der Waals surface area (Å²) < 4.78 is 0. The van der Waals surface area contributed by atoms with Crippen LogP contribution in [0, 0.1) is 6.92 Å². The van der Waals surface area contributed by atoms with E-state index >= 15 is 0 Å². The lowest BCUT2D eigenvalue weighted by Gasteiger charge is -1.93. The van der Waals surface area contributed by atoms with E-state index in [1.807, 2.05) is 61.5 Å². The number of aliphatic hydroxyl groups is 1. The Balaban J connectivity index is 0.000000180. The molecule has 2 aromatic carbocycles. The molecule has 0 aromatic heterocycles. The van der Waals surface area contributed by atoms with E-state index in [1.54, 1.807) is 6.92 Å². The summed E-state index contributed by atoms with van der Waals surface area (Å²) in [5, 5.41) is 8.63. The quantitative estimate of drug-likeness (QED) is 0.820. The van der Waals surface area contributed by atoms with E-state index in [0.717, 1.165) is 11.1 Å². The van der Waals surface area contributed by atoms with E-state index in [1.165, 1.54) is 5.56 Å². The second kappa shape index (κ2) is 7.41. The molecule has 0 radical (unpaired) electrons. The van der Waals surface area contributed by atoms with Gasteiger partial charge in [0.1, 0.15) is 0 Å². The van der Waals surface area contributed by atoms with Crippen molar-refractivity contribution >= 4 is 5.78 Å². The van der Waals surface area contributed by atoms with E-state index in [9.17, 15) is 4.79 Å². The Morgan fingerprint density at radius 1 is 1.00 bits per heavy atom. The highest BCUT2D eigenvalue weighted by atomic mass is 16.3. The SMILES string of the molecule is CC(=O)c1ccccc1.Cc1ccc(CO)cc1. The van der Waals surface area contributed by atoms with Crippen LogP contribution >= 0.6 is 0 Å². The summed E-state index contributed by atoms with van der Waals surface area (Å²) in [6.07, 6.45) is 0. The predicted octanol–water partition coefficient (Wildman–Crippen LogP) is 3.38. The van der Waals surface area contributed by atoms with Crippen molar-refractivity contribution in [1.82, 2.24) is 0 Å². The molecule has 2 nitrogen and oxygen atoms in total. The van der Waals surface area contributed by atoms with Gasteiger partial charge in [-0.15, -0.1) is 0 Å². The van der Waals surface area contributed by atoms with Gasteiger partial charge in [0.25, 0.3) is 0 Å². The van der Waals surface area contributed by atoms with Crippen molar-refractivity contribution in [3.63, 3.8) is 0 Å². The fourth-order valence-electron chi connectivity index (χ4n) is 1.37. The van der Waals surface area contributed by atoms with E-state index < -0.39 is 0 Å². The van der Waals surface area contributed by atoms with Crippen LogP contribution in [0.4, 0.5) is 0 Å². The first-order valence-electron chi connectivity index (χ1n) is 5.86. The van der Waals surface area contributed by atoms with Gasteiger partial charge < -0.3 is 5.11 Å². The van der Waals surface area contributed by atoms with Crippen molar-refractivity contribution in [3.8, 4) is 0 Å². The number of benzene rings is 2. The number of rotatable bonds is 2. The molecule has 0 aliphatic carbocycles. The lowest BCUT2D eigenvalue weighted by atomic mass is 10.2. The number of Topliss-reactive ketones (excluding diaryl/α,β-unsaturated/α-hetero) is 1. The molecular weight excluding hydrogens is 224 g/mol. The van der Waals surface area contributed by atoms with Gasteiger partial charge in [-0.25, -0.2) is 0 Å².